The van der Waals surface area contributed by atoms with Crippen LogP contribution in [-0.2, 0) is 0 Å². The minimum absolute atomic E-state index is 0.426. The van der Waals surface area contributed by atoms with Crippen LogP contribution in [0.15, 0.2) is 36.4 Å². The van der Waals surface area contributed by atoms with Gasteiger partial charge in [0.2, 0.25) is 0 Å². The zero-order chi connectivity index (χ0) is 15.4. The van der Waals surface area contributed by atoms with Gasteiger partial charge in [-0.3, -0.25) is 0 Å². The van der Waals surface area contributed by atoms with Crippen LogP contribution in [0.1, 0.15) is 51.3 Å². The first kappa shape index (κ1) is 16.0. The molecule has 0 heterocycles. The Kier molecular flexibility index (Phi) is 5.41. The van der Waals surface area contributed by atoms with E-state index in [1.54, 1.807) is 0 Å². The van der Waals surface area contributed by atoms with Gasteiger partial charge in [0.15, 0.2) is 0 Å². The molecule has 1 heteroatoms. The molecule has 0 aliphatic carbocycles. The number of aryl methyl sites for hydroxylation is 1. The van der Waals surface area contributed by atoms with E-state index < -0.39 is 0 Å². The fourth-order valence-corrected chi connectivity index (χ4v) is 3.01. The van der Waals surface area contributed by atoms with Gasteiger partial charge in [-0.2, -0.15) is 0 Å². The normalized spacial score (nSPS) is 14.6. The fourth-order valence-electron chi connectivity index (χ4n) is 3.01. The Morgan fingerprint density at radius 2 is 1.62 bits per heavy atom. The van der Waals surface area contributed by atoms with Crippen molar-refractivity contribution in [3.05, 3.63) is 47.5 Å². The molecule has 0 aromatic heterocycles. The summed E-state index contributed by atoms with van der Waals surface area (Å²) in [6.45, 7) is 12.5. The molecule has 2 rings (SSSR count). The second-order valence-corrected chi connectivity index (χ2v) is 6.55. The molecule has 2 atom stereocenters. The zero-order valence-electron chi connectivity index (χ0n) is 14.1. The number of rotatable bonds is 6. The Hall–Kier alpha value is -1.34. The molecule has 0 radical (unpaired) electrons. The number of nitrogens with one attached hydrogen (secondary N) is 1. The van der Waals surface area contributed by atoms with E-state index in [0.717, 1.165) is 6.54 Å². The zero-order valence-corrected chi connectivity index (χ0v) is 14.1. The molecule has 0 fully saturated rings. The lowest BCUT2D eigenvalue weighted by Gasteiger charge is -2.30. The Labute approximate surface area is 129 Å². The largest absolute Gasteiger partial charge is 0.310 e. The molecule has 21 heavy (non-hydrogen) atoms. The fraction of sp³-hybridized carbons (Fsp3) is 0.500. The Morgan fingerprint density at radius 1 is 0.952 bits per heavy atom. The summed E-state index contributed by atoms with van der Waals surface area (Å²) >= 11 is 0. The monoisotopic (exact) mass is 283 g/mol. The molecule has 0 amide bonds. The third-order valence-electron chi connectivity index (χ3n) is 4.70. The standard InChI is InChI=1S/C20H29N/c1-6-13-21-20(16(5)14(2)3)19-12-11-15(4)17-9-7-8-10-18(17)19/h7-12,14,16,20-21H,6,13H2,1-5H3. The van der Waals surface area contributed by atoms with Crippen molar-refractivity contribution in [3.63, 3.8) is 0 Å². The number of fused-ring (bicyclic) bond motifs is 1. The van der Waals surface area contributed by atoms with Crippen LogP contribution in [-0.4, -0.2) is 6.54 Å². The van der Waals surface area contributed by atoms with Gasteiger partial charge >= 0.3 is 0 Å². The Morgan fingerprint density at radius 3 is 2.24 bits per heavy atom. The second-order valence-electron chi connectivity index (χ2n) is 6.55. The van der Waals surface area contributed by atoms with Crippen LogP contribution in [0, 0.1) is 18.8 Å². The van der Waals surface area contributed by atoms with Gasteiger partial charge in [0, 0.05) is 6.04 Å². The topological polar surface area (TPSA) is 12.0 Å². The van der Waals surface area contributed by atoms with Crippen LogP contribution in [0.3, 0.4) is 0 Å². The third-order valence-corrected chi connectivity index (χ3v) is 4.70. The lowest BCUT2D eigenvalue weighted by molar-refractivity contribution is 0.305. The van der Waals surface area contributed by atoms with Crippen LogP contribution in [0.4, 0.5) is 0 Å². The maximum atomic E-state index is 3.78. The predicted molar refractivity (Wildman–Crippen MR) is 93.7 cm³/mol. The summed E-state index contributed by atoms with van der Waals surface area (Å²) in [6.07, 6.45) is 1.17. The van der Waals surface area contributed by atoms with Crippen molar-refractivity contribution in [2.75, 3.05) is 6.54 Å². The van der Waals surface area contributed by atoms with Gasteiger partial charge in [-0.05, 0) is 53.6 Å². The van der Waals surface area contributed by atoms with E-state index in [0.29, 0.717) is 17.9 Å². The van der Waals surface area contributed by atoms with E-state index in [2.05, 4.69) is 76.3 Å². The summed E-state index contributed by atoms with van der Waals surface area (Å²) in [5, 5.41) is 6.56. The lowest BCUT2D eigenvalue weighted by atomic mass is 9.83. The average Bonchev–Trinajstić information content (AvgIpc) is 2.49. The van der Waals surface area contributed by atoms with Crippen LogP contribution >= 0.6 is 0 Å². The van der Waals surface area contributed by atoms with E-state index in [-0.39, 0.29) is 0 Å². The highest BCUT2D eigenvalue weighted by Gasteiger charge is 2.23. The molecule has 2 aromatic rings. The van der Waals surface area contributed by atoms with E-state index >= 15 is 0 Å². The van der Waals surface area contributed by atoms with Gasteiger partial charge in [-0.1, -0.05) is 64.1 Å². The molecule has 0 aliphatic rings. The van der Waals surface area contributed by atoms with E-state index in [1.807, 2.05) is 0 Å². The number of benzene rings is 2. The van der Waals surface area contributed by atoms with Gasteiger partial charge in [0.1, 0.15) is 0 Å². The van der Waals surface area contributed by atoms with Crippen LogP contribution in [0.25, 0.3) is 10.8 Å². The molecule has 2 aromatic carbocycles. The summed E-state index contributed by atoms with van der Waals surface area (Å²) in [5.41, 5.74) is 2.81. The van der Waals surface area contributed by atoms with Crippen LogP contribution < -0.4 is 5.32 Å². The molecule has 1 N–H and O–H groups in total. The van der Waals surface area contributed by atoms with Crippen molar-refractivity contribution in [1.29, 1.82) is 0 Å². The molecule has 0 aliphatic heterocycles. The molecule has 0 saturated carbocycles. The highest BCUT2D eigenvalue weighted by Crippen LogP contribution is 2.33. The molecule has 0 bridgehead atoms. The molecular weight excluding hydrogens is 254 g/mol. The highest BCUT2D eigenvalue weighted by molar-refractivity contribution is 5.88. The lowest BCUT2D eigenvalue weighted by Crippen LogP contribution is -2.30. The first-order valence-electron chi connectivity index (χ1n) is 8.27. The third kappa shape index (κ3) is 3.47. The number of hydrogen-bond donors (Lipinski definition) is 1. The SMILES string of the molecule is CCCNC(c1ccc(C)c2ccccc12)C(C)C(C)C. The van der Waals surface area contributed by atoms with Crippen molar-refractivity contribution in [2.45, 2.75) is 47.1 Å². The van der Waals surface area contributed by atoms with Gasteiger partial charge < -0.3 is 5.32 Å². The summed E-state index contributed by atoms with van der Waals surface area (Å²) in [5.74, 6) is 1.28. The van der Waals surface area contributed by atoms with E-state index in [1.165, 1.54) is 28.3 Å². The maximum Gasteiger partial charge on any atom is 0.0354 e. The molecule has 2 unspecified atom stereocenters. The molecule has 1 nitrogen and oxygen atoms in total. The second kappa shape index (κ2) is 7.09. The van der Waals surface area contributed by atoms with Crippen molar-refractivity contribution in [2.24, 2.45) is 11.8 Å². The van der Waals surface area contributed by atoms with Crippen molar-refractivity contribution in [1.82, 2.24) is 5.32 Å². The first-order chi connectivity index (χ1) is 10.1. The summed E-state index contributed by atoms with van der Waals surface area (Å²) in [4.78, 5) is 0. The Bertz CT molecular complexity index is 585. The number of hydrogen-bond acceptors (Lipinski definition) is 1. The van der Waals surface area contributed by atoms with E-state index in [9.17, 15) is 0 Å². The van der Waals surface area contributed by atoms with Gasteiger partial charge in [0.25, 0.3) is 0 Å². The average molecular weight is 283 g/mol. The van der Waals surface area contributed by atoms with E-state index in [4.69, 9.17) is 0 Å². The van der Waals surface area contributed by atoms with Gasteiger partial charge in [-0.15, -0.1) is 0 Å². The summed E-state index contributed by atoms with van der Waals surface area (Å²) < 4.78 is 0. The van der Waals surface area contributed by atoms with Crippen molar-refractivity contribution < 1.29 is 0 Å². The smallest absolute Gasteiger partial charge is 0.0354 e. The maximum absolute atomic E-state index is 3.78. The molecule has 0 spiro atoms. The quantitative estimate of drug-likeness (QED) is 0.740. The summed E-state index contributed by atoms with van der Waals surface area (Å²) in [6, 6.07) is 13.8. The molecular formula is C20H29N. The highest BCUT2D eigenvalue weighted by atomic mass is 14.9. The summed E-state index contributed by atoms with van der Waals surface area (Å²) in [7, 11) is 0. The minimum Gasteiger partial charge on any atom is -0.310 e. The Balaban J connectivity index is 2.51. The van der Waals surface area contributed by atoms with Crippen molar-refractivity contribution in [3.8, 4) is 0 Å². The minimum atomic E-state index is 0.426. The molecule has 0 saturated heterocycles. The van der Waals surface area contributed by atoms with Crippen LogP contribution in [0.5, 0.6) is 0 Å². The van der Waals surface area contributed by atoms with Gasteiger partial charge in [-0.25, -0.2) is 0 Å². The van der Waals surface area contributed by atoms with Crippen molar-refractivity contribution >= 4 is 10.8 Å². The predicted octanol–water partition coefficient (Wildman–Crippen LogP) is 5.48. The van der Waals surface area contributed by atoms with Gasteiger partial charge in [0.05, 0.1) is 0 Å². The molecule has 114 valence electrons. The first-order valence-corrected chi connectivity index (χ1v) is 8.27. The van der Waals surface area contributed by atoms with Crippen LogP contribution in [0.2, 0.25) is 0 Å².